The van der Waals surface area contributed by atoms with E-state index in [1.54, 1.807) is 12.4 Å². The van der Waals surface area contributed by atoms with Crippen LogP contribution >= 0.6 is 0 Å². The Morgan fingerprint density at radius 3 is 2.71 bits per heavy atom. The topological polar surface area (TPSA) is 123 Å². The van der Waals surface area contributed by atoms with Crippen LogP contribution in [0.1, 0.15) is 54.5 Å². The van der Waals surface area contributed by atoms with Gasteiger partial charge in [0.1, 0.15) is 11.3 Å². The van der Waals surface area contributed by atoms with Crippen molar-refractivity contribution in [2.24, 2.45) is 11.3 Å². The molecule has 3 N–H and O–H groups in total. The van der Waals surface area contributed by atoms with E-state index in [1.165, 1.54) is 19.4 Å². The molecule has 0 saturated heterocycles. The minimum atomic E-state index is -2.69. The van der Waals surface area contributed by atoms with Crippen molar-refractivity contribution in [1.82, 2.24) is 25.1 Å². The Morgan fingerprint density at radius 1 is 1.24 bits per heavy atom. The molecule has 1 fully saturated rings. The van der Waals surface area contributed by atoms with Crippen molar-refractivity contribution in [2.75, 3.05) is 24.7 Å². The first-order valence-electron chi connectivity index (χ1n) is 12.6. The number of aryl methyl sites for hydroxylation is 1. The van der Waals surface area contributed by atoms with Crippen LogP contribution in [-0.2, 0) is 11.3 Å². The fourth-order valence-electron chi connectivity index (χ4n) is 3.52. The first-order chi connectivity index (χ1) is 17.3. The number of anilines is 3. The Balaban J connectivity index is 1.73. The molecule has 1 aliphatic rings. The smallest absolute Gasteiger partial charge is 0.254 e. The van der Waals surface area contributed by atoms with Crippen LogP contribution in [0.4, 0.5) is 17.3 Å². The quantitative estimate of drug-likeness (QED) is 0.460. The highest BCUT2D eigenvalue weighted by molar-refractivity contribution is 6.02. The van der Waals surface area contributed by atoms with Crippen LogP contribution in [-0.4, -0.2) is 45.6 Å². The van der Waals surface area contributed by atoms with Gasteiger partial charge < -0.3 is 20.7 Å². The monoisotopic (exact) mass is 468 g/mol. The first kappa shape index (κ1) is 19.7. The van der Waals surface area contributed by atoms with Gasteiger partial charge in [-0.15, -0.1) is 0 Å². The Kier molecular flexibility index (Phi) is 5.39. The highest BCUT2D eigenvalue weighted by Gasteiger charge is 2.30. The fourth-order valence-corrected chi connectivity index (χ4v) is 3.52. The number of carbonyl (C=O) groups is 2. The maximum atomic E-state index is 12.8. The maximum absolute atomic E-state index is 12.8. The maximum Gasteiger partial charge on any atom is 0.254 e. The average molecular weight is 469 g/mol. The zero-order chi connectivity index (χ0) is 27.0. The molecule has 3 aromatic heterocycles. The number of hydrogen-bond donors (Lipinski definition) is 3. The van der Waals surface area contributed by atoms with Gasteiger partial charge in [-0.1, -0.05) is 20.8 Å². The molecule has 0 radical (unpaired) electrons. The molecule has 3 heterocycles. The molecule has 180 valence electrons. The number of fused-ring (bicyclic) bond motifs is 1. The molecular weight excluding hydrogens is 434 g/mol. The predicted octanol–water partition coefficient (Wildman–Crippen LogP) is 3.72. The Morgan fingerprint density at radius 2 is 2.03 bits per heavy atom. The van der Waals surface area contributed by atoms with Crippen molar-refractivity contribution in [3.05, 3.63) is 30.2 Å². The third-order valence-corrected chi connectivity index (χ3v) is 5.62. The number of nitrogens with zero attached hydrogens (tertiary/aromatic N) is 4. The second-order valence-corrected chi connectivity index (χ2v) is 9.58. The van der Waals surface area contributed by atoms with Crippen LogP contribution in [0.15, 0.2) is 24.7 Å². The van der Waals surface area contributed by atoms with Gasteiger partial charge in [-0.05, 0) is 24.7 Å². The van der Waals surface area contributed by atoms with Crippen LogP contribution in [0.5, 0.6) is 5.75 Å². The van der Waals surface area contributed by atoms with Gasteiger partial charge in [0.2, 0.25) is 5.91 Å². The first-order valence-corrected chi connectivity index (χ1v) is 11.1. The summed E-state index contributed by atoms with van der Waals surface area (Å²) in [5.74, 6) is -0.134. The minimum Gasteiger partial charge on any atom is -0.491 e. The number of carbonyl (C=O) groups excluding carboxylic acids is 2. The van der Waals surface area contributed by atoms with Gasteiger partial charge in [0.25, 0.3) is 5.91 Å². The third kappa shape index (κ3) is 5.11. The zero-order valence-corrected chi connectivity index (χ0v) is 19.7. The molecule has 0 atom stereocenters. The molecule has 34 heavy (non-hydrogen) atoms. The van der Waals surface area contributed by atoms with E-state index in [2.05, 4.69) is 46.5 Å². The number of rotatable bonds is 8. The summed E-state index contributed by atoms with van der Waals surface area (Å²) in [5, 5.41) is 13.1. The predicted molar refractivity (Wildman–Crippen MR) is 130 cm³/mol. The summed E-state index contributed by atoms with van der Waals surface area (Å²) >= 11 is 0. The van der Waals surface area contributed by atoms with Gasteiger partial charge in [0.15, 0.2) is 11.6 Å². The number of pyridine rings is 2. The van der Waals surface area contributed by atoms with Gasteiger partial charge in [0, 0.05) is 47.4 Å². The molecule has 2 amide bonds. The van der Waals surface area contributed by atoms with E-state index in [0.29, 0.717) is 18.1 Å². The van der Waals surface area contributed by atoms with Crippen molar-refractivity contribution in [1.29, 1.82) is 0 Å². The largest absolute Gasteiger partial charge is 0.491 e. The molecule has 10 heteroatoms. The van der Waals surface area contributed by atoms with Crippen molar-refractivity contribution in [3.63, 3.8) is 0 Å². The average Bonchev–Trinajstić information content (AvgIpc) is 3.56. The van der Waals surface area contributed by atoms with E-state index in [1.807, 2.05) is 10.00 Å². The SMILES string of the molecule is [2H]C([2H])([2H])NC(=O)c1cnc(NC(=O)C2CC2)cc1Nc1ncc2cnn(CCC(C)(C)C)c2c1OC. The standard InChI is InChI=1S/C24H31N7O3/c1-24(2,3)8-9-31-19-15(12-28-31)11-27-21(20(19)34-5)29-17-10-18(30-22(32)14-6-7-14)26-13-16(17)23(33)25-4/h10-14H,6-9H2,1-5H3,(H,25,33)(H2,26,27,29,30,32)/i4D3. The van der Waals surface area contributed by atoms with Crippen LogP contribution in [0.3, 0.4) is 0 Å². The lowest BCUT2D eigenvalue weighted by atomic mass is 9.92. The molecule has 10 nitrogen and oxygen atoms in total. The second-order valence-electron chi connectivity index (χ2n) is 9.58. The molecule has 0 spiro atoms. The van der Waals surface area contributed by atoms with Gasteiger partial charge >= 0.3 is 0 Å². The summed E-state index contributed by atoms with van der Waals surface area (Å²) in [4.78, 5) is 33.7. The van der Waals surface area contributed by atoms with Crippen molar-refractivity contribution >= 4 is 40.0 Å². The number of amides is 2. The number of aromatic nitrogens is 4. The van der Waals surface area contributed by atoms with E-state index in [0.717, 1.165) is 30.2 Å². The summed E-state index contributed by atoms with van der Waals surface area (Å²) in [6, 6.07) is 1.47. The normalized spacial score (nSPS) is 15.2. The van der Waals surface area contributed by atoms with Crippen molar-refractivity contribution in [3.8, 4) is 5.75 Å². The van der Waals surface area contributed by atoms with Crippen molar-refractivity contribution < 1.29 is 18.4 Å². The fraction of sp³-hybridized carbons (Fsp3) is 0.458. The lowest BCUT2D eigenvalue weighted by molar-refractivity contribution is -0.117. The summed E-state index contributed by atoms with van der Waals surface area (Å²) in [5.41, 5.74) is 0.997. The molecule has 0 unspecified atom stereocenters. The minimum absolute atomic E-state index is 0.0364. The molecule has 4 rings (SSSR count). The third-order valence-electron chi connectivity index (χ3n) is 5.62. The van der Waals surface area contributed by atoms with Crippen LogP contribution < -0.4 is 20.7 Å². The lowest BCUT2D eigenvalue weighted by Gasteiger charge is -2.19. The molecule has 0 aromatic carbocycles. The summed E-state index contributed by atoms with van der Waals surface area (Å²) in [6.45, 7) is 4.42. The van der Waals surface area contributed by atoms with Gasteiger partial charge in [-0.25, -0.2) is 9.97 Å². The number of nitrogens with one attached hydrogen (secondary N) is 3. The summed E-state index contributed by atoms with van der Waals surface area (Å²) < 4.78 is 29.8. The van der Waals surface area contributed by atoms with Gasteiger partial charge in [-0.3, -0.25) is 14.3 Å². The Labute approximate surface area is 202 Å². The Hall–Kier alpha value is -3.69. The summed E-state index contributed by atoms with van der Waals surface area (Å²) in [6.07, 6.45) is 7.08. The Bertz CT molecular complexity index is 1330. The second kappa shape index (κ2) is 9.28. The van der Waals surface area contributed by atoms with Crippen LogP contribution in [0.25, 0.3) is 10.9 Å². The number of methoxy groups -OCH3 is 1. The number of hydrogen-bond acceptors (Lipinski definition) is 7. The molecule has 0 aliphatic heterocycles. The molecule has 0 bridgehead atoms. The molecule has 1 aliphatic carbocycles. The van der Waals surface area contributed by atoms with Crippen LogP contribution in [0.2, 0.25) is 0 Å². The zero-order valence-electron chi connectivity index (χ0n) is 22.7. The number of ether oxygens (including phenoxy) is 1. The molecule has 3 aromatic rings. The van der Waals surface area contributed by atoms with Crippen LogP contribution in [0, 0.1) is 11.3 Å². The van der Waals surface area contributed by atoms with Crippen molar-refractivity contribution in [2.45, 2.75) is 46.6 Å². The molecular formula is C24H31N7O3. The van der Waals surface area contributed by atoms with E-state index in [-0.39, 0.29) is 34.3 Å². The van der Waals surface area contributed by atoms with E-state index in [9.17, 15) is 9.59 Å². The van der Waals surface area contributed by atoms with E-state index >= 15 is 0 Å². The van der Waals surface area contributed by atoms with E-state index < -0.39 is 12.9 Å². The van der Waals surface area contributed by atoms with Gasteiger partial charge in [-0.2, -0.15) is 5.10 Å². The highest BCUT2D eigenvalue weighted by atomic mass is 16.5. The lowest BCUT2D eigenvalue weighted by Crippen LogP contribution is -2.21. The van der Waals surface area contributed by atoms with E-state index in [4.69, 9.17) is 8.85 Å². The molecule has 1 saturated carbocycles. The highest BCUT2D eigenvalue weighted by Crippen LogP contribution is 2.36. The summed E-state index contributed by atoms with van der Waals surface area (Å²) in [7, 11) is 1.51. The van der Waals surface area contributed by atoms with Gasteiger partial charge in [0.05, 0.1) is 24.6 Å².